The molecule has 0 aliphatic heterocycles. The minimum absolute atomic E-state index is 0.813. The standard InChI is InChI=1S/C12H11N3/c1-3-9-5-6-10-12(11(9)13-4-2)15-8-7-14-10/h3-8H,1H2,2H3. The molecule has 0 spiro atoms. The van der Waals surface area contributed by atoms with Crippen LogP contribution < -0.4 is 0 Å². The molecule has 0 N–H and O–H groups in total. The second-order valence-corrected chi connectivity index (χ2v) is 3.02. The van der Waals surface area contributed by atoms with Crippen molar-refractivity contribution in [3.8, 4) is 0 Å². The summed E-state index contributed by atoms with van der Waals surface area (Å²) in [4.78, 5) is 12.8. The number of rotatable bonds is 2. The van der Waals surface area contributed by atoms with Gasteiger partial charge in [-0.25, -0.2) is 0 Å². The third-order valence-corrected chi connectivity index (χ3v) is 2.12. The number of aliphatic imine (C=N–C) groups is 1. The second kappa shape index (κ2) is 4.00. The van der Waals surface area contributed by atoms with Crippen LogP contribution >= 0.6 is 0 Å². The highest BCUT2D eigenvalue weighted by Crippen LogP contribution is 2.27. The molecule has 15 heavy (non-hydrogen) atoms. The van der Waals surface area contributed by atoms with Crippen molar-refractivity contribution >= 4 is 29.0 Å². The normalized spacial score (nSPS) is 11.0. The molecule has 0 fully saturated rings. The third kappa shape index (κ3) is 1.64. The van der Waals surface area contributed by atoms with Gasteiger partial charge in [-0.1, -0.05) is 18.7 Å². The maximum atomic E-state index is 4.31. The second-order valence-electron chi connectivity index (χ2n) is 3.02. The molecule has 0 saturated carbocycles. The predicted octanol–water partition coefficient (Wildman–Crippen LogP) is 3.00. The summed E-state index contributed by atoms with van der Waals surface area (Å²) in [6.45, 7) is 5.64. The van der Waals surface area contributed by atoms with E-state index >= 15 is 0 Å². The summed E-state index contributed by atoms with van der Waals surface area (Å²) < 4.78 is 0. The summed E-state index contributed by atoms with van der Waals surface area (Å²) in [5, 5.41) is 0. The van der Waals surface area contributed by atoms with Crippen LogP contribution in [0.5, 0.6) is 0 Å². The molecule has 0 aliphatic rings. The Labute approximate surface area is 88.2 Å². The molecule has 0 saturated heterocycles. The van der Waals surface area contributed by atoms with Crippen LogP contribution in [-0.4, -0.2) is 16.2 Å². The van der Waals surface area contributed by atoms with Gasteiger partial charge in [0.2, 0.25) is 0 Å². The lowest BCUT2D eigenvalue weighted by molar-refractivity contribution is 1.29. The molecule has 0 bridgehead atoms. The van der Waals surface area contributed by atoms with Gasteiger partial charge in [0.1, 0.15) is 5.52 Å². The lowest BCUT2D eigenvalue weighted by atomic mass is 10.1. The number of aromatic nitrogens is 2. The van der Waals surface area contributed by atoms with E-state index in [1.807, 2.05) is 19.1 Å². The van der Waals surface area contributed by atoms with Gasteiger partial charge in [0.15, 0.2) is 0 Å². The third-order valence-electron chi connectivity index (χ3n) is 2.12. The Kier molecular flexibility index (Phi) is 2.54. The van der Waals surface area contributed by atoms with Crippen LogP contribution in [0.1, 0.15) is 12.5 Å². The topological polar surface area (TPSA) is 38.1 Å². The number of fused-ring (bicyclic) bond motifs is 1. The Morgan fingerprint density at radius 1 is 1.27 bits per heavy atom. The molecule has 2 rings (SSSR count). The first kappa shape index (κ1) is 9.52. The molecule has 3 nitrogen and oxygen atoms in total. The van der Waals surface area contributed by atoms with Gasteiger partial charge in [-0.3, -0.25) is 15.0 Å². The molecule has 1 aromatic carbocycles. The van der Waals surface area contributed by atoms with E-state index < -0.39 is 0 Å². The van der Waals surface area contributed by atoms with Crippen molar-refractivity contribution in [1.82, 2.24) is 9.97 Å². The fourth-order valence-electron chi connectivity index (χ4n) is 1.47. The summed E-state index contributed by atoms with van der Waals surface area (Å²) in [5.74, 6) is 0. The number of nitrogens with zero attached hydrogens (tertiary/aromatic N) is 3. The molecule has 1 aromatic heterocycles. The van der Waals surface area contributed by atoms with Gasteiger partial charge in [0.05, 0.1) is 11.2 Å². The van der Waals surface area contributed by atoms with Gasteiger partial charge in [-0.15, -0.1) is 0 Å². The lowest BCUT2D eigenvalue weighted by Gasteiger charge is -2.03. The van der Waals surface area contributed by atoms with Gasteiger partial charge in [-0.05, 0) is 13.0 Å². The van der Waals surface area contributed by atoms with Crippen LogP contribution in [0, 0.1) is 0 Å². The van der Waals surface area contributed by atoms with Crippen molar-refractivity contribution in [2.24, 2.45) is 4.99 Å². The van der Waals surface area contributed by atoms with E-state index in [0.29, 0.717) is 0 Å². The molecule has 1 heterocycles. The average molecular weight is 197 g/mol. The fourth-order valence-corrected chi connectivity index (χ4v) is 1.47. The van der Waals surface area contributed by atoms with Crippen molar-refractivity contribution in [2.45, 2.75) is 6.92 Å². The maximum absolute atomic E-state index is 4.31. The maximum Gasteiger partial charge on any atom is 0.115 e. The Morgan fingerprint density at radius 3 is 2.80 bits per heavy atom. The van der Waals surface area contributed by atoms with Crippen LogP contribution in [-0.2, 0) is 0 Å². The number of hydrogen-bond acceptors (Lipinski definition) is 3. The van der Waals surface area contributed by atoms with E-state index in [4.69, 9.17) is 0 Å². The quantitative estimate of drug-likeness (QED) is 0.694. The van der Waals surface area contributed by atoms with E-state index in [1.54, 1.807) is 24.7 Å². The Morgan fingerprint density at radius 2 is 2.07 bits per heavy atom. The van der Waals surface area contributed by atoms with Gasteiger partial charge in [0, 0.05) is 24.2 Å². The monoisotopic (exact) mass is 197 g/mol. The summed E-state index contributed by atoms with van der Waals surface area (Å²) in [5.41, 5.74) is 3.47. The smallest absolute Gasteiger partial charge is 0.115 e. The lowest BCUT2D eigenvalue weighted by Crippen LogP contribution is -1.85. The van der Waals surface area contributed by atoms with Crippen molar-refractivity contribution in [3.63, 3.8) is 0 Å². The van der Waals surface area contributed by atoms with E-state index in [1.165, 1.54) is 0 Å². The number of benzene rings is 1. The molecule has 0 atom stereocenters. The molecule has 2 aromatic rings. The molecule has 0 unspecified atom stereocenters. The largest absolute Gasteiger partial charge is 0.259 e. The molecular formula is C12H11N3. The minimum Gasteiger partial charge on any atom is -0.259 e. The zero-order chi connectivity index (χ0) is 10.7. The SMILES string of the molecule is C=Cc1ccc2nccnc2c1N=CC. The molecule has 0 amide bonds. The van der Waals surface area contributed by atoms with E-state index in [-0.39, 0.29) is 0 Å². The first-order valence-electron chi connectivity index (χ1n) is 4.71. The van der Waals surface area contributed by atoms with Gasteiger partial charge < -0.3 is 0 Å². The molecule has 74 valence electrons. The van der Waals surface area contributed by atoms with Crippen molar-refractivity contribution in [2.75, 3.05) is 0 Å². The van der Waals surface area contributed by atoms with Crippen LogP contribution in [0.3, 0.4) is 0 Å². The molecule has 3 heteroatoms. The molecule has 0 radical (unpaired) electrons. The predicted molar refractivity (Wildman–Crippen MR) is 63.5 cm³/mol. The van der Waals surface area contributed by atoms with Crippen LogP contribution in [0.15, 0.2) is 36.1 Å². The highest BCUT2D eigenvalue weighted by molar-refractivity contribution is 5.92. The van der Waals surface area contributed by atoms with E-state index in [2.05, 4.69) is 21.5 Å². The van der Waals surface area contributed by atoms with Crippen LogP contribution in [0.2, 0.25) is 0 Å². The Balaban J connectivity index is 2.84. The van der Waals surface area contributed by atoms with Crippen molar-refractivity contribution in [3.05, 3.63) is 36.7 Å². The zero-order valence-corrected chi connectivity index (χ0v) is 8.51. The molecule has 0 aliphatic carbocycles. The van der Waals surface area contributed by atoms with Gasteiger partial charge >= 0.3 is 0 Å². The first-order chi connectivity index (χ1) is 7.36. The average Bonchev–Trinajstić information content (AvgIpc) is 2.30. The Bertz CT molecular complexity index is 529. The van der Waals surface area contributed by atoms with Crippen molar-refractivity contribution < 1.29 is 0 Å². The highest BCUT2D eigenvalue weighted by atomic mass is 14.8. The molecular weight excluding hydrogens is 186 g/mol. The fraction of sp³-hybridized carbons (Fsp3) is 0.0833. The summed E-state index contributed by atoms with van der Waals surface area (Å²) in [6, 6.07) is 3.88. The van der Waals surface area contributed by atoms with E-state index in [9.17, 15) is 0 Å². The van der Waals surface area contributed by atoms with Crippen molar-refractivity contribution in [1.29, 1.82) is 0 Å². The van der Waals surface area contributed by atoms with Gasteiger partial charge in [-0.2, -0.15) is 0 Å². The van der Waals surface area contributed by atoms with Gasteiger partial charge in [0.25, 0.3) is 0 Å². The zero-order valence-electron chi connectivity index (χ0n) is 8.51. The highest BCUT2D eigenvalue weighted by Gasteiger charge is 2.05. The van der Waals surface area contributed by atoms with Crippen LogP contribution in [0.4, 0.5) is 5.69 Å². The summed E-state index contributed by atoms with van der Waals surface area (Å²) in [6.07, 6.45) is 6.87. The van der Waals surface area contributed by atoms with Crippen LogP contribution in [0.25, 0.3) is 17.1 Å². The summed E-state index contributed by atoms with van der Waals surface area (Å²) in [7, 11) is 0. The number of hydrogen-bond donors (Lipinski definition) is 0. The Hall–Kier alpha value is -2.03. The summed E-state index contributed by atoms with van der Waals surface area (Å²) >= 11 is 0. The van der Waals surface area contributed by atoms with E-state index in [0.717, 1.165) is 22.3 Å². The minimum atomic E-state index is 0.813. The first-order valence-corrected chi connectivity index (χ1v) is 4.71.